The van der Waals surface area contributed by atoms with Gasteiger partial charge in [-0.2, -0.15) is 0 Å². The number of ether oxygens (including phenoxy) is 2. The van der Waals surface area contributed by atoms with Gasteiger partial charge in [0, 0.05) is 0 Å². The Kier molecular flexibility index (Phi) is 4.31. The highest BCUT2D eigenvalue weighted by Crippen LogP contribution is 2.30. The van der Waals surface area contributed by atoms with Crippen molar-refractivity contribution >= 4 is 18.0 Å². The second-order valence-corrected chi connectivity index (χ2v) is 3.24. The van der Waals surface area contributed by atoms with Gasteiger partial charge in [-0.1, -0.05) is 6.07 Å². The summed E-state index contributed by atoms with van der Waals surface area (Å²) in [5.74, 6) is -2.41. The fourth-order valence-corrected chi connectivity index (χ4v) is 1.38. The third-order valence-electron chi connectivity index (χ3n) is 2.22. The van der Waals surface area contributed by atoms with Gasteiger partial charge in [-0.05, 0) is 18.2 Å². The van der Waals surface area contributed by atoms with E-state index in [1.807, 2.05) is 0 Å². The first kappa shape index (κ1) is 13.6. The van der Waals surface area contributed by atoms with E-state index in [2.05, 4.69) is 0 Å². The Labute approximate surface area is 103 Å². The van der Waals surface area contributed by atoms with Gasteiger partial charge in [0.2, 0.25) is 0 Å². The molecule has 1 rings (SSSR count). The van der Waals surface area contributed by atoms with Crippen molar-refractivity contribution in [1.29, 1.82) is 0 Å². The lowest BCUT2D eigenvalue weighted by Crippen LogP contribution is -2.11. The first-order valence-corrected chi connectivity index (χ1v) is 4.90. The number of carboxylic acids is 2. The lowest BCUT2D eigenvalue weighted by atomic mass is 10.1. The highest BCUT2D eigenvalue weighted by Gasteiger charge is 2.18. The molecule has 96 valence electrons. The number of aliphatic carboxylic acids is 2. The maximum atomic E-state index is 10.8. The zero-order chi connectivity index (χ0) is 13.7. The highest BCUT2D eigenvalue weighted by molar-refractivity contribution is 6.16. The molecular formula is C12H12O6. The SMILES string of the molecule is COc1cccc(OC)c1C=C(C(=O)O)C(=O)O. The second-order valence-electron chi connectivity index (χ2n) is 3.24. The first-order valence-electron chi connectivity index (χ1n) is 4.90. The molecule has 2 N–H and O–H groups in total. The number of hydrogen-bond donors (Lipinski definition) is 2. The van der Waals surface area contributed by atoms with Crippen molar-refractivity contribution in [2.24, 2.45) is 0 Å². The van der Waals surface area contributed by atoms with Crippen LogP contribution in [-0.2, 0) is 9.59 Å². The summed E-state index contributed by atoms with van der Waals surface area (Å²) in [6.07, 6.45) is 1.00. The Hall–Kier alpha value is -2.50. The maximum Gasteiger partial charge on any atom is 0.343 e. The molecular weight excluding hydrogens is 240 g/mol. The number of methoxy groups -OCH3 is 2. The average molecular weight is 252 g/mol. The van der Waals surface area contributed by atoms with E-state index in [1.54, 1.807) is 18.2 Å². The number of rotatable bonds is 5. The van der Waals surface area contributed by atoms with Gasteiger partial charge in [-0.15, -0.1) is 0 Å². The highest BCUT2D eigenvalue weighted by atomic mass is 16.5. The molecule has 6 heteroatoms. The molecule has 0 bridgehead atoms. The molecule has 0 fully saturated rings. The molecule has 0 unspecified atom stereocenters. The van der Waals surface area contributed by atoms with Crippen molar-refractivity contribution in [3.05, 3.63) is 29.3 Å². The summed E-state index contributed by atoms with van der Waals surface area (Å²) >= 11 is 0. The minimum Gasteiger partial charge on any atom is -0.496 e. The molecule has 0 spiro atoms. The number of carbonyl (C=O) groups is 2. The third-order valence-corrected chi connectivity index (χ3v) is 2.22. The minimum absolute atomic E-state index is 0.266. The Balaban J connectivity index is 3.43. The molecule has 0 aromatic heterocycles. The fourth-order valence-electron chi connectivity index (χ4n) is 1.38. The Morgan fingerprint density at radius 3 is 1.83 bits per heavy atom. The van der Waals surface area contributed by atoms with Crippen molar-refractivity contribution in [2.45, 2.75) is 0 Å². The average Bonchev–Trinajstić information content (AvgIpc) is 2.34. The molecule has 0 saturated carbocycles. The van der Waals surface area contributed by atoms with Crippen LogP contribution in [0, 0.1) is 0 Å². The van der Waals surface area contributed by atoms with E-state index in [9.17, 15) is 9.59 Å². The molecule has 1 aromatic carbocycles. The molecule has 0 aliphatic carbocycles. The third kappa shape index (κ3) is 2.79. The van der Waals surface area contributed by atoms with Crippen molar-refractivity contribution in [2.75, 3.05) is 14.2 Å². The summed E-state index contributed by atoms with van der Waals surface area (Å²) in [6.45, 7) is 0. The van der Waals surface area contributed by atoms with Crippen molar-refractivity contribution in [1.82, 2.24) is 0 Å². The Morgan fingerprint density at radius 2 is 1.50 bits per heavy atom. The van der Waals surface area contributed by atoms with Gasteiger partial charge < -0.3 is 19.7 Å². The van der Waals surface area contributed by atoms with Crippen molar-refractivity contribution < 1.29 is 29.3 Å². The van der Waals surface area contributed by atoms with Crippen LogP contribution in [-0.4, -0.2) is 36.4 Å². The van der Waals surface area contributed by atoms with Crippen molar-refractivity contribution in [3.8, 4) is 11.5 Å². The number of carboxylic acid groups (broad SMARTS) is 2. The van der Waals surface area contributed by atoms with Crippen LogP contribution < -0.4 is 9.47 Å². The molecule has 0 aliphatic rings. The predicted octanol–water partition coefficient (Wildman–Crippen LogP) is 1.26. The van der Waals surface area contributed by atoms with Crippen LogP contribution in [0.1, 0.15) is 5.56 Å². The molecule has 1 aromatic rings. The molecule has 0 aliphatic heterocycles. The van der Waals surface area contributed by atoms with Gasteiger partial charge in [-0.3, -0.25) is 0 Å². The Bertz CT molecular complexity index is 465. The van der Waals surface area contributed by atoms with Gasteiger partial charge in [0.25, 0.3) is 0 Å². The lowest BCUT2D eigenvalue weighted by molar-refractivity contribution is -0.139. The van der Waals surface area contributed by atoms with Crippen LogP contribution in [0.15, 0.2) is 23.8 Å². The standard InChI is InChI=1S/C12H12O6/c1-17-9-4-3-5-10(18-2)7(9)6-8(11(13)14)12(15)16/h3-6H,1-2H3,(H,13,14)(H,15,16). The van der Waals surface area contributed by atoms with Crippen LogP contribution in [0.5, 0.6) is 11.5 Å². The summed E-state index contributed by atoms with van der Waals surface area (Å²) in [4.78, 5) is 21.6. The topological polar surface area (TPSA) is 93.1 Å². The fraction of sp³-hybridized carbons (Fsp3) is 0.167. The zero-order valence-corrected chi connectivity index (χ0v) is 9.84. The molecule has 0 radical (unpaired) electrons. The molecule has 18 heavy (non-hydrogen) atoms. The summed E-state index contributed by atoms with van der Waals surface area (Å²) in [7, 11) is 2.79. The van der Waals surface area contributed by atoms with Gasteiger partial charge in [0.15, 0.2) is 0 Å². The first-order chi connectivity index (χ1) is 8.51. The van der Waals surface area contributed by atoms with Gasteiger partial charge >= 0.3 is 11.9 Å². The maximum absolute atomic E-state index is 10.8. The van der Waals surface area contributed by atoms with Gasteiger partial charge in [-0.25, -0.2) is 9.59 Å². The van der Waals surface area contributed by atoms with E-state index >= 15 is 0 Å². The van der Waals surface area contributed by atoms with E-state index in [-0.39, 0.29) is 5.56 Å². The van der Waals surface area contributed by atoms with E-state index < -0.39 is 17.5 Å². The number of hydrogen-bond acceptors (Lipinski definition) is 4. The number of benzene rings is 1. The van der Waals surface area contributed by atoms with Crippen LogP contribution in [0.2, 0.25) is 0 Å². The minimum atomic E-state index is -1.53. The molecule has 0 heterocycles. The van der Waals surface area contributed by atoms with E-state index in [0.717, 1.165) is 6.08 Å². The largest absolute Gasteiger partial charge is 0.496 e. The summed E-state index contributed by atoms with van der Waals surface area (Å²) in [5.41, 5.74) is -0.500. The predicted molar refractivity (Wildman–Crippen MR) is 62.8 cm³/mol. The van der Waals surface area contributed by atoms with E-state index in [0.29, 0.717) is 11.5 Å². The normalized spacial score (nSPS) is 9.44. The van der Waals surface area contributed by atoms with Crippen LogP contribution in [0.25, 0.3) is 6.08 Å². The smallest absolute Gasteiger partial charge is 0.343 e. The van der Waals surface area contributed by atoms with Crippen LogP contribution in [0.4, 0.5) is 0 Å². The molecule has 0 amide bonds. The van der Waals surface area contributed by atoms with Crippen LogP contribution >= 0.6 is 0 Å². The summed E-state index contributed by atoms with van der Waals surface area (Å²) in [6, 6.07) is 4.81. The second kappa shape index (κ2) is 5.72. The molecule has 6 nitrogen and oxygen atoms in total. The van der Waals surface area contributed by atoms with Gasteiger partial charge in [0.1, 0.15) is 17.1 Å². The monoisotopic (exact) mass is 252 g/mol. The summed E-state index contributed by atoms with van der Waals surface area (Å²) < 4.78 is 10.1. The summed E-state index contributed by atoms with van der Waals surface area (Å²) in [5, 5.41) is 17.6. The quantitative estimate of drug-likeness (QED) is 0.465. The zero-order valence-electron chi connectivity index (χ0n) is 9.84. The van der Waals surface area contributed by atoms with Crippen LogP contribution in [0.3, 0.4) is 0 Å². The molecule has 0 saturated heterocycles. The van der Waals surface area contributed by atoms with E-state index in [4.69, 9.17) is 19.7 Å². The Morgan fingerprint density at radius 1 is 1.06 bits per heavy atom. The lowest BCUT2D eigenvalue weighted by Gasteiger charge is -2.10. The van der Waals surface area contributed by atoms with Crippen molar-refractivity contribution in [3.63, 3.8) is 0 Å². The van der Waals surface area contributed by atoms with Gasteiger partial charge in [0.05, 0.1) is 19.8 Å². The molecule has 0 atom stereocenters. The van der Waals surface area contributed by atoms with E-state index in [1.165, 1.54) is 14.2 Å².